The smallest absolute Gasteiger partial charge is 0.331 e. The van der Waals surface area contributed by atoms with Crippen molar-refractivity contribution in [2.24, 2.45) is 0 Å². The van der Waals surface area contributed by atoms with E-state index in [0.29, 0.717) is 17.1 Å². The fraction of sp³-hybridized carbons (Fsp3) is 0.389. The highest BCUT2D eigenvalue weighted by Gasteiger charge is 2.40. The maximum Gasteiger partial charge on any atom is 0.331 e. The summed E-state index contributed by atoms with van der Waals surface area (Å²) >= 11 is 0. The number of carbonyl (C=O) groups excluding carboxylic acids is 3. The average molecular weight is 344 g/mol. The molecule has 1 heterocycles. The van der Waals surface area contributed by atoms with Gasteiger partial charge < -0.3 is 9.47 Å². The number of nitrogens with zero attached hydrogens (tertiary/aromatic N) is 1. The van der Waals surface area contributed by atoms with Gasteiger partial charge in [0.1, 0.15) is 17.1 Å². The number of methoxy groups -OCH3 is 2. The van der Waals surface area contributed by atoms with Crippen LogP contribution in [0.15, 0.2) is 23.8 Å². The normalized spacial score (nSPS) is 20.2. The van der Waals surface area contributed by atoms with Gasteiger partial charge in [0, 0.05) is 17.7 Å². The Bertz CT molecular complexity index is 750. The number of rotatable bonds is 4. The fourth-order valence-electron chi connectivity index (χ4n) is 3.26. The van der Waals surface area contributed by atoms with Gasteiger partial charge >= 0.3 is 6.03 Å². The van der Waals surface area contributed by atoms with E-state index in [1.165, 1.54) is 25.2 Å². The van der Waals surface area contributed by atoms with Crippen LogP contribution < -0.4 is 14.8 Å². The third-order valence-corrected chi connectivity index (χ3v) is 4.56. The van der Waals surface area contributed by atoms with Gasteiger partial charge in [-0.1, -0.05) is 12.8 Å². The van der Waals surface area contributed by atoms with Gasteiger partial charge in [0.25, 0.3) is 11.8 Å². The Balaban J connectivity index is 1.97. The van der Waals surface area contributed by atoms with E-state index in [1.807, 2.05) is 0 Å². The molecular weight excluding hydrogens is 324 g/mol. The van der Waals surface area contributed by atoms with Gasteiger partial charge in [-0.15, -0.1) is 0 Å². The van der Waals surface area contributed by atoms with Crippen molar-refractivity contribution in [1.82, 2.24) is 10.2 Å². The van der Waals surface area contributed by atoms with Gasteiger partial charge in [-0.25, -0.2) is 4.79 Å². The highest BCUT2D eigenvalue weighted by Crippen LogP contribution is 2.30. The van der Waals surface area contributed by atoms with E-state index < -0.39 is 17.8 Å². The summed E-state index contributed by atoms with van der Waals surface area (Å²) in [5.74, 6) is -0.182. The van der Waals surface area contributed by atoms with Crippen molar-refractivity contribution in [3.05, 3.63) is 29.3 Å². The second kappa shape index (κ2) is 6.96. The van der Waals surface area contributed by atoms with Gasteiger partial charge in [-0.05, 0) is 31.1 Å². The van der Waals surface area contributed by atoms with Gasteiger partial charge in [-0.3, -0.25) is 19.8 Å². The molecule has 7 nitrogen and oxygen atoms in total. The van der Waals surface area contributed by atoms with Crippen LogP contribution in [-0.4, -0.2) is 43.0 Å². The van der Waals surface area contributed by atoms with E-state index in [1.54, 1.807) is 18.2 Å². The van der Waals surface area contributed by atoms with E-state index in [4.69, 9.17) is 9.47 Å². The first-order chi connectivity index (χ1) is 12.0. The number of hydrogen-bond acceptors (Lipinski definition) is 5. The zero-order valence-corrected chi connectivity index (χ0v) is 14.2. The summed E-state index contributed by atoms with van der Waals surface area (Å²) in [6.07, 6.45) is 4.94. The molecule has 4 amide bonds. The van der Waals surface area contributed by atoms with Gasteiger partial charge in [0.15, 0.2) is 0 Å². The second-order valence-corrected chi connectivity index (χ2v) is 6.04. The molecule has 0 unspecified atom stereocenters. The Morgan fingerprint density at radius 1 is 1.12 bits per heavy atom. The Kier molecular flexibility index (Phi) is 4.74. The minimum atomic E-state index is -0.692. The molecule has 2 aliphatic rings. The zero-order chi connectivity index (χ0) is 18.0. The third-order valence-electron chi connectivity index (χ3n) is 4.56. The van der Waals surface area contributed by atoms with Crippen molar-refractivity contribution in [2.75, 3.05) is 14.2 Å². The van der Waals surface area contributed by atoms with Crippen molar-refractivity contribution in [2.45, 2.75) is 31.7 Å². The molecule has 0 aromatic heterocycles. The molecule has 1 saturated carbocycles. The Morgan fingerprint density at radius 3 is 2.48 bits per heavy atom. The van der Waals surface area contributed by atoms with Crippen LogP contribution in [0.5, 0.6) is 11.5 Å². The number of urea groups is 1. The molecule has 0 spiro atoms. The highest BCUT2D eigenvalue weighted by atomic mass is 16.5. The van der Waals surface area contributed by atoms with Crippen molar-refractivity contribution in [3.63, 3.8) is 0 Å². The minimum absolute atomic E-state index is 0.0741. The van der Waals surface area contributed by atoms with Gasteiger partial charge in [0.2, 0.25) is 0 Å². The lowest BCUT2D eigenvalue weighted by Gasteiger charge is -2.31. The first kappa shape index (κ1) is 17.0. The SMILES string of the molecule is COc1ccc(C=C2C(=O)NC(=O)N(C3CCCC3)C2=O)c(OC)c1. The van der Waals surface area contributed by atoms with Crippen LogP contribution in [0, 0.1) is 0 Å². The van der Waals surface area contributed by atoms with Crippen molar-refractivity contribution < 1.29 is 23.9 Å². The largest absolute Gasteiger partial charge is 0.497 e. The monoisotopic (exact) mass is 344 g/mol. The summed E-state index contributed by atoms with van der Waals surface area (Å²) in [7, 11) is 3.03. The van der Waals surface area contributed by atoms with Crippen molar-refractivity contribution in [3.8, 4) is 11.5 Å². The fourth-order valence-corrected chi connectivity index (χ4v) is 3.26. The average Bonchev–Trinajstić information content (AvgIpc) is 3.12. The lowest BCUT2D eigenvalue weighted by Crippen LogP contribution is -2.57. The number of imide groups is 2. The van der Waals surface area contributed by atoms with Gasteiger partial charge in [-0.2, -0.15) is 0 Å². The van der Waals surface area contributed by atoms with Crippen LogP contribution in [-0.2, 0) is 9.59 Å². The molecule has 0 atom stereocenters. The molecule has 3 rings (SSSR count). The van der Waals surface area contributed by atoms with Crippen LogP contribution in [0.25, 0.3) is 6.08 Å². The lowest BCUT2D eigenvalue weighted by atomic mass is 10.0. The summed E-state index contributed by atoms with van der Waals surface area (Å²) < 4.78 is 10.4. The summed E-state index contributed by atoms with van der Waals surface area (Å²) in [4.78, 5) is 38.2. The summed E-state index contributed by atoms with van der Waals surface area (Å²) in [5.41, 5.74) is 0.484. The summed E-state index contributed by atoms with van der Waals surface area (Å²) in [6.45, 7) is 0. The molecule has 2 fully saturated rings. The second-order valence-electron chi connectivity index (χ2n) is 6.04. The number of benzene rings is 1. The first-order valence-electron chi connectivity index (χ1n) is 8.17. The van der Waals surface area contributed by atoms with Crippen molar-refractivity contribution >= 4 is 23.9 Å². The molecule has 25 heavy (non-hydrogen) atoms. The van der Waals surface area contributed by atoms with Crippen LogP contribution in [0.3, 0.4) is 0 Å². The maximum atomic E-state index is 12.8. The van der Waals surface area contributed by atoms with Crippen molar-refractivity contribution in [1.29, 1.82) is 0 Å². The molecule has 1 saturated heterocycles. The summed E-state index contributed by atoms with van der Waals surface area (Å²) in [6, 6.07) is 4.28. The number of barbiturate groups is 1. The quantitative estimate of drug-likeness (QED) is 0.668. The zero-order valence-electron chi connectivity index (χ0n) is 14.2. The molecule has 1 aliphatic heterocycles. The molecule has 1 N–H and O–H groups in total. The molecule has 1 aromatic carbocycles. The van der Waals surface area contributed by atoms with Crippen LogP contribution in [0.1, 0.15) is 31.2 Å². The van der Waals surface area contributed by atoms with Gasteiger partial charge in [0.05, 0.1) is 14.2 Å². The van der Waals surface area contributed by atoms with Crippen LogP contribution in [0.2, 0.25) is 0 Å². The molecule has 1 aromatic rings. The molecule has 7 heteroatoms. The molecule has 0 radical (unpaired) electrons. The Morgan fingerprint density at radius 2 is 1.84 bits per heavy atom. The number of carbonyl (C=O) groups is 3. The standard InChI is InChI=1S/C18H20N2O5/c1-24-13-8-7-11(15(10-13)25-2)9-14-16(21)19-18(23)20(17(14)22)12-5-3-4-6-12/h7-10,12H,3-6H2,1-2H3,(H,19,21,23). The number of hydrogen-bond donors (Lipinski definition) is 1. The maximum absolute atomic E-state index is 12.8. The summed E-state index contributed by atoms with van der Waals surface area (Å²) in [5, 5.41) is 2.26. The van der Waals surface area contributed by atoms with E-state index in [2.05, 4.69) is 5.32 Å². The topological polar surface area (TPSA) is 84.9 Å². The highest BCUT2D eigenvalue weighted by molar-refractivity contribution is 6.31. The molecule has 0 bridgehead atoms. The molecular formula is C18H20N2O5. The third kappa shape index (κ3) is 3.22. The predicted octanol–water partition coefficient (Wildman–Crippen LogP) is 2.11. The Hall–Kier alpha value is -2.83. The van der Waals surface area contributed by atoms with E-state index in [0.717, 1.165) is 25.7 Å². The predicted molar refractivity (Wildman–Crippen MR) is 90.2 cm³/mol. The minimum Gasteiger partial charge on any atom is -0.497 e. The van der Waals surface area contributed by atoms with Crippen LogP contribution >= 0.6 is 0 Å². The Labute approximate surface area is 145 Å². The lowest BCUT2D eigenvalue weighted by molar-refractivity contribution is -0.131. The van der Waals surface area contributed by atoms with E-state index in [-0.39, 0.29) is 11.6 Å². The molecule has 132 valence electrons. The van der Waals surface area contributed by atoms with E-state index in [9.17, 15) is 14.4 Å². The number of amides is 4. The first-order valence-corrected chi connectivity index (χ1v) is 8.17. The molecule has 1 aliphatic carbocycles. The number of ether oxygens (including phenoxy) is 2. The van der Waals surface area contributed by atoms with E-state index >= 15 is 0 Å². The van der Waals surface area contributed by atoms with Crippen LogP contribution in [0.4, 0.5) is 4.79 Å². The number of nitrogens with one attached hydrogen (secondary N) is 1.